The first-order chi connectivity index (χ1) is 13.8. The Morgan fingerprint density at radius 2 is 1.73 bits per heavy atom. The SMILES string of the molecule is CC1(C)CC(=O)C2=C(C1)O[C@@]1(O)CC(C)(C)CC(=O)[C@@H]1[C@H]2c1ccccc1[N+](=O)[O-]. The van der Waals surface area contributed by atoms with E-state index < -0.39 is 28.0 Å². The van der Waals surface area contributed by atoms with Crippen molar-refractivity contribution in [2.75, 3.05) is 0 Å². The van der Waals surface area contributed by atoms with Crippen LogP contribution in [0.25, 0.3) is 0 Å². The van der Waals surface area contributed by atoms with Gasteiger partial charge in [0.1, 0.15) is 11.5 Å². The van der Waals surface area contributed by atoms with E-state index in [-0.39, 0.29) is 47.5 Å². The second-order valence-electron chi connectivity index (χ2n) is 10.5. The Morgan fingerprint density at radius 1 is 1.07 bits per heavy atom. The number of rotatable bonds is 2. The Morgan fingerprint density at radius 3 is 2.40 bits per heavy atom. The van der Waals surface area contributed by atoms with Crippen LogP contribution in [0.3, 0.4) is 0 Å². The van der Waals surface area contributed by atoms with Crippen molar-refractivity contribution in [3.8, 4) is 0 Å². The number of ketones is 2. The summed E-state index contributed by atoms with van der Waals surface area (Å²) >= 11 is 0. The molecule has 1 heterocycles. The molecule has 1 fully saturated rings. The molecule has 0 spiro atoms. The molecule has 2 aliphatic carbocycles. The van der Waals surface area contributed by atoms with Gasteiger partial charge in [-0.25, -0.2) is 0 Å². The molecule has 7 nitrogen and oxygen atoms in total. The smallest absolute Gasteiger partial charge is 0.273 e. The van der Waals surface area contributed by atoms with Crippen LogP contribution in [0.5, 0.6) is 0 Å². The molecule has 1 aromatic carbocycles. The molecule has 3 aliphatic rings. The summed E-state index contributed by atoms with van der Waals surface area (Å²) in [6.45, 7) is 7.68. The normalized spacial score (nSPS) is 32.2. The monoisotopic (exact) mass is 413 g/mol. The highest BCUT2D eigenvalue weighted by molar-refractivity contribution is 6.01. The molecule has 0 bridgehead atoms. The number of nitro groups is 1. The van der Waals surface area contributed by atoms with Crippen molar-refractivity contribution >= 4 is 17.3 Å². The minimum absolute atomic E-state index is 0.158. The summed E-state index contributed by atoms with van der Waals surface area (Å²) in [5.41, 5.74) is -0.412. The van der Waals surface area contributed by atoms with Crippen LogP contribution >= 0.6 is 0 Å². The maximum absolute atomic E-state index is 13.3. The first-order valence-electron chi connectivity index (χ1n) is 10.3. The van der Waals surface area contributed by atoms with Crippen molar-refractivity contribution in [1.82, 2.24) is 0 Å². The summed E-state index contributed by atoms with van der Waals surface area (Å²) in [5, 5.41) is 23.4. The van der Waals surface area contributed by atoms with E-state index in [4.69, 9.17) is 4.74 Å². The number of nitro benzene ring substituents is 1. The predicted molar refractivity (Wildman–Crippen MR) is 108 cm³/mol. The number of Topliss-reactive ketones (excluding diaryl/α,β-unsaturated/α-hetero) is 2. The topological polar surface area (TPSA) is 107 Å². The van der Waals surface area contributed by atoms with Gasteiger partial charge in [-0.15, -0.1) is 0 Å². The molecule has 4 rings (SSSR count). The van der Waals surface area contributed by atoms with Crippen LogP contribution in [0, 0.1) is 26.9 Å². The third kappa shape index (κ3) is 3.25. The van der Waals surface area contributed by atoms with E-state index >= 15 is 0 Å². The minimum atomic E-state index is -1.81. The van der Waals surface area contributed by atoms with Gasteiger partial charge in [0, 0.05) is 48.8 Å². The average molecular weight is 413 g/mol. The number of allylic oxidation sites excluding steroid dienone is 2. The maximum Gasteiger partial charge on any atom is 0.273 e. The molecule has 3 atom stereocenters. The standard InChI is InChI=1S/C23H27NO6/c1-21(2)9-15(25)19-17(11-21)30-23(27)12-22(3,4)10-16(26)20(23)18(19)13-7-5-6-8-14(13)24(28)29/h5-8,18,20,27H,9-12H2,1-4H3/t18-,20+,23-/m0/s1. The van der Waals surface area contributed by atoms with Crippen LogP contribution in [-0.2, 0) is 14.3 Å². The van der Waals surface area contributed by atoms with Crippen molar-refractivity contribution < 1.29 is 24.4 Å². The number of carbonyl (C=O) groups excluding carboxylic acids is 2. The summed E-state index contributed by atoms with van der Waals surface area (Å²) in [5.74, 6) is -3.81. The summed E-state index contributed by atoms with van der Waals surface area (Å²) in [7, 11) is 0. The van der Waals surface area contributed by atoms with Gasteiger partial charge in [-0.3, -0.25) is 19.7 Å². The molecule has 1 aliphatic heterocycles. The lowest BCUT2D eigenvalue weighted by Crippen LogP contribution is -2.58. The van der Waals surface area contributed by atoms with Gasteiger partial charge in [0.25, 0.3) is 5.69 Å². The molecule has 7 heteroatoms. The van der Waals surface area contributed by atoms with Crippen molar-refractivity contribution in [3.63, 3.8) is 0 Å². The second kappa shape index (κ2) is 6.48. The Kier molecular flexibility index (Phi) is 4.47. The van der Waals surface area contributed by atoms with E-state index in [1.807, 2.05) is 27.7 Å². The number of carbonyl (C=O) groups is 2. The molecule has 0 aromatic heterocycles. The van der Waals surface area contributed by atoms with Gasteiger partial charge in [0.05, 0.1) is 10.8 Å². The number of benzene rings is 1. The molecule has 160 valence electrons. The molecule has 1 aromatic rings. The van der Waals surface area contributed by atoms with E-state index in [2.05, 4.69) is 0 Å². The summed E-state index contributed by atoms with van der Waals surface area (Å²) in [6, 6.07) is 6.17. The Labute approximate surface area is 175 Å². The van der Waals surface area contributed by atoms with Gasteiger partial charge in [-0.1, -0.05) is 45.9 Å². The average Bonchev–Trinajstić information content (AvgIpc) is 2.56. The van der Waals surface area contributed by atoms with Gasteiger partial charge in [0.2, 0.25) is 5.79 Å². The number of nitrogens with zero attached hydrogens (tertiary/aromatic N) is 1. The number of ether oxygens (including phenoxy) is 1. The van der Waals surface area contributed by atoms with Crippen LogP contribution in [0.4, 0.5) is 5.69 Å². The fraction of sp³-hybridized carbons (Fsp3) is 0.565. The van der Waals surface area contributed by atoms with E-state index in [0.29, 0.717) is 17.8 Å². The molecule has 1 saturated carbocycles. The lowest BCUT2D eigenvalue weighted by molar-refractivity contribution is -0.385. The molecule has 0 saturated heterocycles. The Hall–Kier alpha value is -2.54. The molecule has 1 N–H and O–H groups in total. The maximum atomic E-state index is 13.3. The molecule has 0 unspecified atom stereocenters. The molecule has 30 heavy (non-hydrogen) atoms. The number of para-hydroxylation sites is 1. The minimum Gasteiger partial charge on any atom is -0.466 e. The summed E-state index contributed by atoms with van der Waals surface area (Å²) in [4.78, 5) is 37.8. The summed E-state index contributed by atoms with van der Waals surface area (Å²) < 4.78 is 6.07. The number of aliphatic hydroxyl groups is 1. The van der Waals surface area contributed by atoms with E-state index in [1.165, 1.54) is 6.07 Å². The van der Waals surface area contributed by atoms with E-state index in [1.54, 1.807) is 18.2 Å². The molecular formula is C23H27NO6. The van der Waals surface area contributed by atoms with Crippen LogP contribution in [-0.4, -0.2) is 27.4 Å². The zero-order valence-electron chi connectivity index (χ0n) is 17.7. The number of hydrogen-bond acceptors (Lipinski definition) is 6. The summed E-state index contributed by atoms with van der Waals surface area (Å²) in [6.07, 6.45) is 1.10. The van der Waals surface area contributed by atoms with Gasteiger partial charge in [-0.2, -0.15) is 0 Å². The van der Waals surface area contributed by atoms with E-state index in [0.717, 1.165) is 0 Å². The fourth-order valence-electron chi connectivity index (χ4n) is 5.58. The Bertz CT molecular complexity index is 991. The molecular weight excluding hydrogens is 386 g/mol. The first-order valence-corrected chi connectivity index (χ1v) is 10.3. The Balaban J connectivity index is 1.98. The van der Waals surface area contributed by atoms with Crippen molar-refractivity contribution in [2.45, 2.75) is 65.1 Å². The third-order valence-electron chi connectivity index (χ3n) is 6.51. The van der Waals surface area contributed by atoms with E-state index in [9.17, 15) is 24.8 Å². The van der Waals surface area contributed by atoms with Crippen molar-refractivity contribution in [1.29, 1.82) is 0 Å². The number of fused-ring (bicyclic) bond motifs is 1. The molecule has 0 radical (unpaired) electrons. The quantitative estimate of drug-likeness (QED) is 0.579. The lowest BCUT2D eigenvalue weighted by Gasteiger charge is -2.53. The van der Waals surface area contributed by atoms with Crippen molar-refractivity contribution in [3.05, 3.63) is 51.3 Å². The van der Waals surface area contributed by atoms with Crippen LogP contribution in [0.15, 0.2) is 35.6 Å². The lowest BCUT2D eigenvalue weighted by atomic mass is 9.59. The highest BCUT2D eigenvalue weighted by Crippen LogP contribution is 2.58. The highest BCUT2D eigenvalue weighted by Gasteiger charge is 2.61. The fourth-order valence-corrected chi connectivity index (χ4v) is 5.58. The largest absolute Gasteiger partial charge is 0.466 e. The second-order valence-corrected chi connectivity index (χ2v) is 10.5. The highest BCUT2D eigenvalue weighted by atomic mass is 16.6. The van der Waals surface area contributed by atoms with Gasteiger partial charge < -0.3 is 9.84 Å². The predicted octanol–water partition coefficient (Wildman–Crippen LogP) is 4.05. The first kappa shape index (κ1) is 20.7. The van der Waals surface area contributed by atoms with Gasteiger partial charge >= 0.3 is 0 Å². The van der Waals surface area contributed by atoms with Gasteiger partial charge in [-0.05, 0) is 10.8 Å². The van der Waals surface area contributed by atoms with Crippen molar-refractivity contribution in [2.24, 2.45) is 16.7 Å². The van der Waals surface area contributed by atoms with Crippen LogP contribution in [0.1, 0.15) is 64.9 Å². The zero-order valence-corrected chi connectivity index (χ0v) is 17.7. The van der Waals surface area contributed by atoms with Crippen LogP contribution < -0.4 is 0 Å². The van der Waals surface area contributed by atoms with Gasteiger partial charge in [0.15, 0.2) is 5.78 Å². The zero-order chi connectivity index (χ0) is 22.1. The molecule has 0 amide bonds. The third-order valence-corrected chi connectivity index (χ3v) is 6.51. The van der Waals surface area contributed by atoms with Crippen LogP contribution in [0.2, 0.25) is 0 Å². The number of hydrogen-bond donors (Lipinski definition) is 1.